The summed E-state index contributed by atoms with van der Waals surface area (Å²) in [4.78, 5) is 4.20. The van der Waals surface area contributed by atoms with Crippen molar-refractivity contribution in [2.75, 3.05) is 5.73 Å². The minimum atomic E-state index is 0.276. The first-order valence-corrected chi connectivity index (χ1v) is 4.93. The molecule has 0 fully saturated rings. The van der Waals surface area contributed by atoms with Crippen LogP contribution in [-0.4, -0.2) is 9.55 Å². The highest BCUT2D eigenvalue weighted by Crippen LogP contribution is 2.22. The zero-order valence-corrected chi connectivity index (χ0v) is 9.23. The van der Waals surface area contributed by atoms with E-state index in [0.717, 1.165) is 5.56 Å². The molecule has 0 aliphatic carbocycles. The fraction of sp³-hybridized carbons (Fsp3) is 0.167. The highest BCUT2D eigenvalue weighted by molar-refractivity contribution is 5.62. The van der Waals surface area contributed by atoms with Crippen molar-refractivity contribution in [1.82, 2.24) is 9.55 Å². The SMILES string of the molecule is Cc1ccc(-c2nc(C#N)c(N)n2C)cc1. The second-order valence-electron chi connectivity index (χ2n) is 3.71. The van der Waals surface area contributed by atoms with Gasteiger partial charge in [0, 0.05) is 12.6 Å². The number of benzene rings is 1. The molecule has 0 saturated heterocycles. The Morgan fingerprint density at radius 2 is 1.94 bits per heavy atom. The lowest BCUT2D eigenvalue weighted by molar-refractivity contribution is 0.936. The Balaban J connectivity index is 2.57. The van der Waals surface area contributed by atoms with Crippen LogP contribution in [-0.2, 0) is 7.05 Å². The molecule has 0 atom stereocenters. The lowest BCUT2D eigenvalue weighted by atomic mass is 10.1. The largest absolute Gasteiger partial charge is 0.383 e. The van der Waals surface area contributed by atoms with Gasteiger partial charge in [0.15, 0.2) is 5.69 Å². The average Bonchev–Trinajstić information content (AvgIpc) is 2.57. The molecule has 0 spiro atoms. The van der Waals surface area contributed by atoms with Crippen molar-refractivity contribution < 1.29 is 0 Å². The topological polar surface area (TPSA) is 67.6 Å². The van der Waals surface area contributed by atoms with Gasteiger partial charge in [-0.15, -0.1) is 0 Å². The van der Waals surface area contributed by atoms with Crippen LogP contribution in [0.3, 0.4) is 0 Å². The van der Waals surface area contributed by atoms with Crippen LogP contribution in [0.5, 0.6) is 0 Å². The molecule has 0 unspecified atom stereocenters. The number of nitrogens with two attached hydrogens (primary N) is 1. The molecular weight excluding hydrogens is 200 g/mol. The first kappa shape index (κ1) is 10.2. The predicted molar refractivity (Wildman–Crippen MR) is 62.5 cm³/mol. The molecule has 2 aromatic rings. The van der Waals surface area contributed by atoms with Crippen LogP contribution >= 0.6 is 0 Å². The van der Waals surface area contributed by atoms with Gasteiger partial charge in [0.2, 0.25) is 0 Å². The summed E-state index contributed by atoms with van der Waals surface area (Å²) in [5, 5.41) is 8.84. The molecule has 1 aromatic heterocycles. The van der Waals surface area contributed by atoms with Crippen molar-refractivity contribution in [3.63, 3.8) is 0 Å². The summed E-state index contributed by atoms with van der Waals surface area (Å²) in [6.45, 7) is 2.03. The van der Waals surface area contributed by atoms with Gasteiger partial charge >= 0.3 is 0 Å². The average molecular weight is 212 g/mol. The minimum Gasteiger partial charge on any atom is -0.383 e. The van der Waals surface area contributed by atoms with Crippen LogP contribution < -0.4 is 5.73 Å². The molecule has 0 aliphatic rings. The predicted octanol–water partition coefficient (Wildman–Crippen LogP) is 1.85. The zero-order chi connectivity index (χ0) is 11.7. The van der Waals surface area contributed by atoms with Gasteiger partial charge in [-0.2, -0.15) is 5.26 Å². The van der Waals surface area contributed by atoms with E-state index in [-0.39, 0.29) is 5.69 Å². The number of hydrogen-bond acceptors (Lipinski definition) is 3. The Bertz CT molecular complexity index is 558. The summed E-state index contributed by atoms with van der Waals surface area (Å²) in [5.74, 6) is 1.12. The number of nitrogen functional groups attached to an aromatic ring is 1. The van der Waals surface area contributed by atoms with Crippen LogP contribution in [0.4, 0.5) is 5.82 Å². The molecule has 0 saturated carbocycles. The highest BCUT2D eigenvalue weighted by Gasteiger charge is 2.12. The molecule has 0 aliphatic heterocycles. The van der Waals surface area contributed by atoms with Gasteiger partial charge < -0.3 is 10.3 Å². The second kappa shape index (κ2) is 3.70. The molecule has 16 heavy (non-hydrogen) atoms. The Hall–Kier alpha value is -2.28. The first-order chi connectivity index (χ1) is 7.63. The molecule has 0 bridgehead atoms. The third-order valence-corrected chi connectivity index (χ3v) is 2.56. The van der Waals surface area contributed by atoms with Crippen molar-refractivity contribution in [2.45, 2.75) is 6.92 Å². The quantitative estimate of drug-likeness (QED) is 0.784. The van der Waals surface area contributed by atoms with E-state index >= 15 is 0 Å². The molecule has 80 valence electrons. The molecule has 2 rings (SSSR count). The molecule has 2 N–H and O–H groups in total. The minimum absolute atomic E-state index is 0.276. The van der Waals surface area contributed by atoms with Gasteiger partial charge in [-0.1, -0.05) is 29.8 Å². The molecule has 1 heterocycles. The Morgan fingerprint density at radius 3 is 2.44 bits per heavy atom. The monoisotopic (exact) mass is 212 g/mol. The van der Waals surface area contributed by atoms with Gasteiger partial charge in [0.05, 0.1) is 0 Å². The number of anilines is 1. The van der Waals surface area contributed by atoms with E-state index in [0.29, 0.717) is 11.6 Å². The van der Waals surface area contributed by atoms with E-state index in [2.05, 4.69) is 4.98 Å². The standard InChI is InChI=1S/C12H12N4/c1-8-3-5-9(6-4-8)12-15-10(7-13)11(14)16(12)2/h3-6H,14H2,1-2H3. The van der Waals surface area contributed by atoms with Gasteiger partial charge in [0.1, 0.15) is 17.7 Å². The number of aryl methyl sites for hydroxylation is 1. The lowest BCUT2D eigenvalue weighted by Gasteiger charge is -2.02. The van der Waals surface area contributed by atoms with Crippen LogP contribution in [0, 0.1) is 18.3 Å². The lowest BCUT2D eigenvalue weighted by Crippen LogP contribution is -1.98. The Morgan fingerprint density at radius 1 is 1.31 bits per heavy atom. The fourth-order valence-corrected chi connectivity index (χ4v) is 1.55. The highest BCUT2D eigenvalue weighted by atomic mass is 15.1. The van der Waals surface area contributed by atoms with E-state index in [4.69, 9.17) is 11.0 Å². The summed E-state index contributed by atoms with van der Waals surface area (Å²) < 4.78 is 1.73. The Labute approximate surface area is 94.0 Å². The maximum absolute atomic E-state index is 8.84. The first-order valence-electron chi connectivity index (χ1n) is 4.93. The maximum atomic E-state index is 8.84. The van der Waals surface area contributed by atoms with Crippen molar-refractivity contribution in [3.05, 3.63) is 35.5 Å². The number of aromatic nitrogens is 2. The van der Waals surface area contributed by atoms with E-state index in [1.807, 2.05) is 37.3 Å². The Kier molecular flexibility index (Phi) is 2.37. The van der Waals surface area contributed by atoms with Gasteiger partial charge in [0.25, 0.3) is 0 Å². The van der Waals surface area contributed by atoms with E-state index in [9.17, 15) is 0 Å². The number of nitriles is 1. The summed E-state index contributed by atoms with van der Waals surface area (Å²) in [6, 6.07) is 9.93. The summed E-state index contributed by atoms with van der Waals surface area (Å²) in [7, 11) is 1.80. The number of nitrogens with zero attached hydrogens (tertiary/aromatic N) is 3. The van der Waals surface area contributed by atoms with Gasteiger partial charge in [-0.25, -0.2) is 4.98 Å². The van der Waals surface area contributed by atoms with Crippen molar-refractivity contribution in [3.8, 4) is 17.5 Å². The zero-order valence-electron chi connectivity index (χ0n) is 9.23. The summed E-state index contributed by atoms with van der Waals surface area (Å²) in [5.41, 5.74) is 8.18. The molecule has 0 radical (unpaired) electrons. The molecular formula is C12H12N4. The van der Waals surface area contributed by atoms with Crippen LogP contribution in [0.1, 0.15) is 11.3 Å². The van der Waals surface area contributed by atoms with E-state index < -0.39 is 0 Å². The van der Waals surface area contributed by atoms with Crippen LogP contribution in [0.15, 0.2) is 24.3 Å². The summed E-state index contributed by atoms with van der Waals surface area (Å²) in [6.07, 6.45) is 0. The molecule has 1 aromatic carbocycles. The van der Waals surface area contributed by atoms with Crippen molar-refractivity contribution in [2.24, 2.45) is 7.05 Å². The van der Waals surface area contributed by atoms with Gasteiger partial charge in [-0.3, -0.25) is 0 Å². The molecule has 4 heteroatoms. The van der Waals surface area contributed by atoms with E-state index in [1.54, 1.807) is 11.6 Å². The summed E-state index contributed by atoms with van der Waals surface area (Å²) >= 11 is 0. The van der Waals surface area contributed by atoms with Gasteiger partial charge in [-0.05, 0) is 6.92 Å². The third kappa shape index (κ3) is 1.52. The van der Waals surface area contributed by atoms with Crippen LogP contribution in [0.25, 0.3) is 11.4 Å². The fourth-order valence-electron chi connectivity index (χ4n) is 1.55. The number of rotatable bonds is 1. The smallest absolute Gasteiger partial charge is 0.183 e. The second-order valence-corrected chi connectivity index (χ2v) is 3.71. The number of hydrogen-bond donors (Lipinski definition) is 1. The molecule has 0 amide bonds. The maximum Gasteiger partial charge on any atom is 0.183 e. The van der Waals surface area contributed by atoms with Crippen LogP contribution in [0.2, 0.25) is 0 Å². The molecule has 4 nitrogen and oxygen atoms in total. The normalized spacial score (nSPS) is 10.1. The van der Waals surface area contributed by atoms with Crippen molar-refractivity contribution >= 4 is 5.82 Å². The number of imidazole rings is 1. The third-order valence-electron chi connectivity index (χ3n) is 2.56. The van der Waals surface area contributed by atoms with E-state index in [1.165, 1.54) is 5.56 Å². The van der Waals surface area contributed by atoms with Crippen molar-refractivity contribution in [1.29, 1.82) is 5.26 Å².